The molecule has 0 aliphatic rings. The lowest BCUT2D eigenvalue weighted by atomic mass is 10.0. The Kier molecular flexibility index (Phi) is 7.01. The van der Waals surface area contributed by atoms with E-state index in [1.54, 1.807) is 16.9 Å². The highest BCUT2D eigenvalue weighted by Gasteiger charge is 2.20. The molecule has 3 aromatic rings. The molecule has 176 valence electrons. The number of oxazole rings is 1. The van der Waals surface area contributed by atoms with Crippen LogP contribution in [0, 0.1) is 11.6 Å². The summed E-state index contributed by atoms with van der Waals surface area (Å²) in [5.74, 6) is -2.04. The van der Waals surface area contributed by atoms with Gasteiger partial charge in [-0.05, 0) is 48.2 Å². The summed E-state index contributed by atoms with van der Waals surface area (Å²) in [7, 11) is -3.87. The summed E-state index contributed by atoms with van der Waals surface area (Å²) in [5, 5.41) is 2.54. The third-order valence-electron chi connectivity index (χ3n) is 4.67. The second-order valence-electron chi connectivity index (χ2n) is 7.75. The van der Waals surface area contributed by atoms with Crippen molar-refractivity contribution in [1.82, 2.24) is 10.3 Å². The van der Waals surface area contributed by atoms with Crippen molar-refractivity contribution in [2.45, 2.75) is 32.7 Å². The van der Waals surface area contributed by atoms with Gasteiger partial charge in [-0.2, -0.15) is 4.98 Å². The highest BCUT2D eigenvalue weighted by Crippen LogP contribution is 2.26. The van der Waals surface area contributed by atoms with E-state index in [0.29, 0.717) is 11.7 Å². The monoisotopic (exact) mass is 479 g/mol. The summed E-state index contributed by atoms with van der Waals surface area (Å²) < 4.78 is 63.4. The lowest BCUT2D eigenvalue weighted by Crippen LogP contribution is -2.27. The predicted octanol–water partition coefficient (Wildman–Crippen LogP) is 4.73. The molecule has 3 rings (SSSR count). The minimum Gasteiger partial charge on any atom is -0.416 e. The number of halogens is 2. The van der Waals surface area contributed by atoms with Gasteiger partial charge in [-0.1, -0.05) is 26.0 Å². The maximum absolute atomic E-state index is 14.2. The van der Waals surface area contributed by atoms with Crippen molar-refractivity contribution < 1.29 is 31.1 Å². The highest BCUT2D eigenvalue weighted by molar-refractivity contribution is 7.92. The zero-order valence-electron chi connectivity index (χ0n) is 18.3. The smallest absolute Gasteiger partial charge is 0.399 e. The summed E-state index contributed by atoms with van der Waals surface area (Å²) in [6.45, 7) is 5.64. The molecule has 2 aromatic carbocycles. The third-order valence-corrected chi connectivity index (χ3v) is 5.24. The van der Waals surface area contributed by atoms with E-state index in [0.717, 1.165) is 30.2 Å². The van der Waals surface area contributed by atoms with Gasteiger partial charge in [0, 0.05) is 0 Å². The standard InChI is InChI=1S/C22H23F2N3O5S/c1-12(2)14-5-7-16(8-6-14)32-22-26-19(11-31-22)21(28)25-13(3)15-9-17(23)20(18(24)10-15)27-33(4,29)30/h5-13,27H,1-4H3,(H,25,28)/t13-/m1/s1. The summed E-state index contributed by atoms with van der Waals surface area (Å²) in [6.07, 6.45) is 1.73. The molecule has 0 saturated carbocycles. The Morgan fingerprint density at radius 3 is 2.21 bits per heavy atom. The normalized spacial score (nSPS) is 12.5. The summed E-state index contributed by atoms with van der Waals surface area (Å²) in [5.41, 5.74) is 0.339. The number of ether oxygens (including phenoxy) is 1. The molecule has 8 nitrogen and oxygen atoms in total. The number of nitrogens with zero attached hydrogens (tertiary/aromatic N) is 1. The Labute approximate surface area is 190 Å². The van der Waals surface area contributed by atoms with Gasteiger partial charge < -0.3 is 14.5 Å². The van der Waals surface area contributed by atoms with E-state index in [9.17, 15) is 22.0 Å². The van der Waals surface area contributed by atoms with E-state index in [1.165, 1.54) is 6.92 Å². The van der Waals surface area contributed by atoms with Crippen LogP contribution in [0.4, 0.5) is 14.5 Å². The van der Waals surface area contributed by atoms with E-state index >= 15 is 0 Å². The van der Waals surface area contributed by atoms with Crippen LogP contribution in [0.5, 0.6) is 11.8 Å². The van der Waals surface area contributed by atoms with Gasteiger partial charge in [0.1, 0.15) is 17.7 Å². The van der Waals surface area contributed by atoms with Crippen molar-refractivity contribution in [3.05, 3.63) is 71.1 Å². The molecule has 0 saturated heterocycles. The molecule has 0 radical (unpaired) electrons. The predicted molar refractivity (Wildman–Crippen MR) is 118 cm³/mol. The second kappa shape index (κ2) is 9.57. The fourth-order valence-electron chi connectivity index (χ4n) is 2.91. The molecule has 11 heteroatoms. The Morgan fingerprint density at radius 1 is 1.06 bits per heavy atom. The molecule has 0 spiro atoms. The van der Waals surface area contributed by atoms with Crippen molar-refractivity contribution >= 4 is 21.6 Å². The van der Waals surface area contributed by atoms with Crippen LogP contribution in [-0.4, -0.2) is 25.6 Å². The lowest BCUT2D eigenvalue weighted by molar-refractivity contribution is 0.0934. The molecule has 1 atom stereocenters. The van der Waals surface area contributed by atoms with Crippen molar-refractivity contribution in [1.29, 1.82) is 0 Å². The Balaban J connectivity index is 1.67. The van der Waals surface area contributed by atoms with E-state index < -0.39 is 39.3 Å². The number of nitrogens with one attached hydrogen (secondary N) is 2. The number of rotatable bonds is 8. The second-order valence-corrected chi connectivity index (χ2v) is 9.50. The van der Waals surface area contributed by atoms with Crippen LogP contribution in [0.1, 0.15) is 54.3 Å². The van der Waals surface area contributed by atoms with Crippen molar-refractivity contribution in [2.75, 3.05) is 11.0 Å². The van der Waals surface area contributed by atoms with Gasteiger partial charge in [-0.25, -0.2) is 17.2 Å². The fourth-order valence-corrected chi connectivity index (χ4v) is 3.48. The summed E-state index contributed by atoms with van der Waals surface area (Å²) >= 11 is 0. The number of carbonyl (C=O) groups excluding carboxylic acids is 1. The molecule has 2 N–H and O–H groups in total. The fraction of sp³-hybridized carbons (Fsp3) is 0.273. The van der Waals surface area contributed by atoms with Crippen molar-refractivity contribution in [3.8, 4) is 11.8 Å². The molecular formula is C22H23F2N3O5S. The van der Waals surface area contributed by atoms with Gasteiger partial charge in [0.25, 0.3) is 5.91 Å². The van der Waals surface area contributed by atoms with E-state index in [4.69, 9.17) is 9.15 Å². The van der Waals surface area contributed by atoms with Gasteiger partial charge in [0.15, 0.2) is 17.3 Å². The van der Waals surface area contributed by atoms with Crippen LogP contribution in [-0.2, 0) is 10.0 Å². The first-order valence-corrected chi connectivity index (χ1v) is 11.8. The lowest BCUT2D eigenvalue weighted by Gasteiger charge is -2.15. The molecule has 1 amide bonds. The van der Waals surface area contributed by atoms with E-state index in [-0.39, 0.29) is 17.3 Å². The SMILES string of the molecule is CC(C)c1ccc(Oc2nc(C(=O)N[C@H](C)c3cc(F)c(NS(C)(=O)=O)c(F)c3)co2)cc1. The zero-order valence-corrected chi connectivity index (χ0v) is 19.2. The zero-order chi connectivity index (χ0) is 24.3. The molecular weight excluding hydrogens is 456 g/mol. The minimum absolute atomic E-state index is 0.0858. The number of anilines is 1. The number of benzene rings is 2. The van der Waals surface area contributed by atoms with Crippen LogP contribution in [0.15, 0.2) is 47.1 Å². The maximum atomic E-state index is 14.2. The van der Waals surface area contributed by atoms with Gasteiger partial charge in [0.05, 0.1) is 12.3 Å². The van der Waals surface area contributed by atoms with Gasteiger partial charge in [-0.15, -0.1) is 0 Å². The summed E-state index contributed by atoms with van der Waals surface area (Å²) in [6, 6.07) is 8.37. The average molecular weight is 480 g/mol. The number of hydrogen-bond acceptors (Lipinski definition) is 6. The molecule has 1 aromatic heterocycles. The Morgan fingerprint density at radius 2 is 1.67 bits per heavy atom. The van der Waals surface area contributed by atoms with Gasteiger partial charge >= 0.3 is 6.08 Å². The molecule has 0 unspecified atom stereocenters. The number of amides is 1. The maximum Gasteiger partial charge on any atom is 0.399 e. The van der Waals surface area contributed by atoms with Gasteiger partial charge in [0.2, 0.25) is 10.0 Å². The minimum atomic E-state index is -3.87. The van der Waals surface area contributed by atoms with Gasteiger partial charge in [-0.3, -0.25) is 9.52 Å². The Bertz CT molecular complexity index is 1230. The first-order chi connectivity index (χ1) is 15.4. The topological polar surface area (TPSA) is 111 Å². The molecule has 0 fully saturated rings. The van der Waals surface area contributed by atoms with E-state index in [2.05, 4.69) is 24.1 Å². The average Bonchev–Trinajstić information content (AvgIpc) is 3.19. The van der Waals surface area contributed by atoms with Crippen molar-refractivity contribution in [2.24, 2.45) is 0 Å². The first kappa shape index (κ1) is 24.2. The largest absolute Gasteiger partial charge is 0.416 e. The molecule has 0 bridgehead atoms. The van der Waals surface area contributed by atoms with Crippen LogP contribution >= 0.6 is 0 Å². The quantitative estimate of drug-likeness (QED) is 0.483. The molecule has 0 aliphatic heterocycles. The number of sulfonamides is 1. The van der Waals surface area contributed by atoms with Crippen LogP contribution < -0.4 is 14.8 Å². The Hall–Kier alpha value is -3.47. The number of aromatic nitrogens is 1. The highest BCUT2D eigenvalue weighted by atomic mass is 32.2. The van der Waals surface area contributed by atoms with Crippen LogP contribution in [0.3, 0.4) is 0 Å². The van der Waals surface area contributed by atoms with Crippen LogP contribution in [0.25, 0.3) is 0 Å². The first-order valence-electron chi connectivity index (χ1n) is 9.94. The van der Waals surface area contributed by atoms with Crippen molar-refractivity contribution in [3.63, 3.8) is 0 Å². The molecule has 0 aliphatic carbocycles. The van der Waals surface area contributed by atoms with Crippen LogP contribution in [0.2, 0.25) is 0 Å². The number of hydrogen-bond donors (Lipinski definition) is 2. The molecule has 1 heterocycles. The number of carbonyl (C=O) groups is 1. The third kappa shape index (κ3) is 6.28. The van der Waals surface area contributed by atoms with E-state index in [1.807, 2.05) is 12.1 Å². The summed E-state index contributed by atoms with van der Waals surface area (Å²) in [4.78, 5) is 16.4. The molecule has 33 heavy (non-hydrogen) atoms.